The fraction of sp³-hybridized carbons (Fsp3) is 0.538. The van der Waals surface area contributed by atoms with Gasteiger partial charge < -0.3 is 5.32 Å². The van der Waals surface area contributed by atoms with Crippen LogP contribution >= 0.6 is 27.7 Å². The number of nitrogens with zero attached hydrogens (tertiary/aromatic N) is 1. The van der Waals surface area contributed by atoms with Gasteiger partial charge in [0.25, 0.3) is 5.69 Å². The highest BCUT2D eigenvalue weighted by atomic mass is 79.9. The third-order valence-electron chi connectivity index (χ3n) is 3.38. The average Bonchev–Trinajstić information content (AvgIpc) is 2.81. The van der Waals surface area contributed by atoms with Crippen LogP contribution in [0.5, 0.6) is 0 Å². The van der Waals surface area contributed by atoms with E-state index in [1.165, 1.54) is 12.1 Å². The Morgan fingerprint density at radius 2 is 2.30 bits per heavy atom. The minimum atomic E-state index is -0.490. The first-order valence-electron chi connectivity index (χ1n) is 6.52. The van der Waals surface area contributed by atoms with Gasteiger partial charge in [-0.25, -0.2) is 4.39 Å². The monoisotopic (exact) mass is 362 g/mol. The normalized spacial score (nSPS) is 21.9. The molecule has 20 heavy (non-hydrogen) atoms. The molecule has 0 aliphatic heterocycles. The van der Waals surface area contributed by atoms with Gasteiger partial charge in [-0.2, -0.15) is 11.8 Å². The predicted molar refractivity (Wildman–Crippen MR) is 83.9 cm³/mol. The molecule has 2 unspecified atom stereocenters. The maximum Gasteiger partial charge on any atom is 0.293 e. The summed E-state index contributed by atoms with van der Waals surface area (Å²) in [6.45, 7) is 2.13. The number of hydrogen-bond acceptors (Lipinski definition) is 4. The van der Waals surface area contributed by atoms with Crippen LogP contribution in [0.4, 0.5) is 15.8 Å². The second-order valence-electron chi connectivity index (χ2n) is 4.77. The van der Waals surface area contributed by atoms with Gasteiger partial charge in [-0.15, -0.1) is 0 Å². The van der Waals surface area contributed by atoms with E-state index in [0.717, 1.165) is 25.0 Å². The minimum absolute atomic E-state index is 0.0927. The number of rotatable bonds is 5. The summed E-state index contributed by atoms with van der Waals surface area (Å²) in [6, 6.07) is 2.59. The number of benzene rings is 1. The van der Waals surface area contributed by atoms with Crippen molar-refractivity contribution in [2.24, 2.45) is 0 Å². The van der Waals surface area contributed by atoms with Crippen LogP contribution in [0.1, 0.15) is 26.2 Å². The Kier molecular flexibility index (Phi) is 5.26. The fourth-order valence-electron chi connectivity index (χ4n) is 2.48. The topological polar surface area (TPSA) is 55.2 Å². The summed E-state index contributed by atoms with van der Waals surface area (Å²) in [6.07, 6.45) is 3.03. The van der Waals surface area contributed by atoms with E-state index >= 15 is 0 Å². The largest absolute Gasteiger partial charge is 0.377 e. The number of nitro groups is 1. The lowest BCUT2D eigenvalue weighted by Crippen LogP contribution is -2.17. The maximum atomic E-state index is 13.6. The van der Waals surface area contributed by atoms with E-state index in [9.17, 15) is 14.5 Å². The van der Waals surface area contributed by atoms with Crippen LogP contribution in [-0.2, 0) is 0 Å². The van der Waals surface area contributed by atoms with E-state index in [2.05, 4.69) is 28.2 Å². The Morgan fingerprint density at radius 3 is 2.95 bits per heavy atom. The van der Waals surface area contributed by atoms with Crippen molar-refractivity contribution in [2.75, 3.05) is 11.1 Å². The summed E-state index contributed by atoms with van der Waals surface area (Å²) in [5.74, 6) is 0.584. The SMILES string of the molecule is CCSC1CCC(Nc2cc(F)c(Br)cc2[N+](=O)[O-])C1. The van der Waals surface area contributed by atoms with Crippen molar-refractivity contribution in [1.82, 2.24) is 0 Å². The summed E-state index contributed by atoms with van der Waals surface area (Å²) in [4.78, 5) is 10.6. The summed E-state index contributed by atoms with van der Waals surface area (Å²) < 4.78 is 13.7. The van der Waals surface area contributed by atoms with Crippen molar-refractivity contribution >= 4 is 39.1 Å². The van der Waals surface area contributed by atoms with E-state index in [0.29, 0.717) is 5.25 Å². The van der Waals surface area contributed by atoms with Gasteiger partial charge in [-0.3, -0.25) is 10.1 Å². The summed E-state index contributed by atoms with van der Waals surface area (Å²) in [5.41, 5.74) is 0.174. The van der Waals surface area contributed by atoms with E-state index in [-0.39, 0.29) is 21.9 Å². The second-order valence-corrected chi connectivity index (χ2v) is 7.20. The van der Waals surface area contributed by atoms with Gasteiger partial charge in [0.15, 0.2) is 0 Å². The number of hydrogen-bond donors (Lipinski definition) is 1. The Bertz CT molecular complexity index is 515. The second kappa shape index (κ2) is 6.76. The summed E-state index contributed by atoms with van der Waals surface area (Å²) in [5, 5.41) is 14.8. The van der Waals surface area contributed by atoms with Gasteiger partial charge in [-0.1, -0.05) is 6.92 Å². The van der Waals surface area contributed by atoms with Crippen LogP contribution in [0.3, 0.4) is 0 Å². The zero-order valence-corrected chi connectivity index (χ0v) is 13.5. The first-order valence-corrected chi connectivity index (χ1v) is 8.37. The number of nitrogens with one attached hydrogen (secondary N) is 1. The summed E-state index contributed by atoms with van der Waals surface area (Å²) in [7, 11) is 0. The number of halogens is 2. The van der Waals surface area contributed by atoms with Gasteiger partial charge in [-0.05, 0) is 40.9 Å². The lowest BCUT2D eigenvalue weighted by molar-refractivity contribution is -0.384. The van der Waals surface area contributed by atoms with Crippen molar-refractivity contribution in [3.8, 4) is 0 Å². The van der Waals surface area contributed by atoms with Crippen LogP contribution in [0, 0.1) is 15.9 Å². The van der Waals surface area contributed by atoms with Crippen LogP contribution in [0.15, 0.2) is 16.6 Å². The maximum absolute atomic E-state index is 13.6. The molecular formula is C13H16BrFN2O2S. The molecule has 1 N–H and O–H groups in total. The molecule has 0 heterocycles. The molecule has 1 aromatic rings. The standard InChI is InChI=1S/C13H16BrFN2O2S/c1-2-20-9-4-3-8(5-9)16-12-7-11(15)10(14)6-13(12)17(18)19/h6-9,16H,2-5H2,1H3. The molecule has 0 aromatic heterocycles. The molecule has 110 valence electrons. The average molecular weight is 363 g/mol. The van der Waals surface area contributed by atoms with E-state index < -0.39 is 10.7 Å². The van der Waals surface area contributed by atoms with Crippen molar-refractivity contribution in [1.29, 1.82) is 0 Å². The number of anilines is 1. The van der Waals surface area contributed by atoms with Crippen molar-refractivity contribution < 1.29 is 9.31 Å². The van der Waals surface area contributed by atoms with Crippen molar-refractivity contribution in [3.63, 3.8) is 0 Å². The third kappa shape index (κ3) is 3.63. The lowest BCUT2D eigenvalue weighted by atomic mass is 10.2. The smallest absolute Gasteiger partial charge is 0.293 e. The Morgan fingerprint density at radius 1 is 1.55 bits per heavy atom. The molecule has 1 aliphatic rings. The zero-order chi connectivity index (χ0) is 14.7. The molecule has 2 atom stereocenters. The number of nitro benzene ring substituents is 1. The van der Waals surface area contributed by atoms with Crippen molar-refractivity contribution in [2.45, 2.75) is 37.5 Å². The molecule has 0 radical (unpaired) electrons. The van der Waals surface area contributed by atoms with Crippen LogP contribution in [0.2, 0.25) is 0 Å². The number of thioether (sulfide) groups is 1. The lowest BCUT2D eigenvalue weighted by Gasteiger charge is -2.15. The molecule has 2 rings (SSSR count). The molecule has 1 saturated carbocycles. The highest BCUT2D eigenvalue weighted by Gasteiger charge is 2.27. The van der Waals surface area contributed by atoms with Crippen LogP contribution < -0.4 is 5.32 Å². The molecule has 1 fully saturated rings. The van der Waals surface area contributed by atoms with E-state index in [1.807, 2.05) is 11.8 Å². The first-order chi connectivity index (χ1) is 9.51. The summed E-state index contributed by atoms with van der Waals surface area (Å²) >= 11 is 4.89. The molecule has 0 bridgehead atoms. The molecule has 0 saturated heterocycles. The Balaban J connectivity index is 2.13. The van der Waals surface area contributed by atoms with E-state index in [4.69, 9.17) is 0 Å². The minimum Gasteiger partial charge on any atom is -0.377 e. The molecule has 4 nitrogen and oxygen atoms in total. The highest BCUT2D eigenvalue weighted by Crippen LogP contribution is 2.35. The van der Waals surface area contributed by atoms with Gasteiger partial charge in [0.05, 0.1) is 9.40 Å². The quantitative estimate of drug-likeness (QED) is 0.615. The molecule has 0 spiro atoms. The van der Waals surface area contributed by atoms with Crippen molar-refractivity contribution in [3.05, 3.63) is 32.5 Å². The third-order valence-corrected chi connectivity index (χ3v) is 5.22. The van der Waals surface area contributed by atoms with Gasteiger partial charge in [0.2, 0.25) is 0 Å². The van der Waals surface area contributed by atoms with Gasteiger partial charge >= 0.3 is 0 Å². The fourth-order valence-corrected chi connectivity index (χ4v) is 3.96. The molecular weight excluding hydrogens is 347 g/mol. The van der Waals surface area contributed by atoms with Crippen LogP contribution in [0.25, 0.3) is 0 Å². The zero-order valence-electron chi connectivity index (χ0n) is 11.1. The molecule has 1 aliphatic carbocycles. The Labute approximate surface area is 129 Å². The molecule has 7 heteroatoms. The predicted octanol–water partition coefficient (Wildman–Crippen LogP) is 4.58. The van der Waals surface area contributed by atoms with Gasteiger partial charge in [0.1, 0.15) is 11.5 Å². The molecule has 0 amide bonds. The van der Waals surface area contributed by atoms with Crippen LogP contribution in [-0.4, -0.2) is 22.0 Å². The van der Waals surface area contributed by atoms with E-state index in [1.54, 1.807) is 0 Å². The molecule has 1 aromatic carbocycles. The Hall–Kier alpha value is -0.820. The first kappa shape index (κ1) is 15.6. The highest BCUT2D eigenvalue weighted by molar-refractivity contribution is 9.10. The van der Waals surface area contributed by atoms with Gasteiger partial charge in [0, 0.05) is 23.4 Å².